The van der Waals surface area contributed by atoms with Gasteiger partial charge in [-0.25, -0.2) is 4.79 Å². The van der Waals surface area contributed by atoms with Crippen molar-refractivity contribution in [2.24, 2.45) is 0 Å². The Kier molecular flexibility index (Phi) is 6.43. The lowest BCUT2D eigenvalue weighted by Crippen LogP contribution is -2.16. The molecule has 26 heavy (non-hydrogen) atoms. The number of hydrogen-bond acceptors (Lipinski definition) is 6. The minimum atomic E-state index is -0.604. The first kappa shape index (κ1) is 19.1. The van der Waals surface area contributed by atoms with Gasteiger partial charge in [-0.15, -0.1) is 0 Å². The molecule has 7 nitrogen and oxygen atoms in total. The molecule has 2 aromatic rings. The molecule has 7 heteroatoms. The molecule has 0 saturated heterocycles. The lowest BCUT2D eigenvalue weighted by Gasteiger charge is -2.14. The van der Waals surface area contributed by atoms with Gasteiger partial charge in [0.25, 0.3) is 5.91 Å². The van der Waals surface area contributed by atoms with Crippen LogP contribution in [0.25, 0.3) is 0 Å². The third kappa shape index (κ3) is 4.24. The van der Waals surface area contributed by atoms with Crippen LogP contribution >= 0.6 is 0 Å². The molecule has 0 aliphatic rings. The maximum Gasteiger partial charge on any atom is 0.340 e. The van der Waals surface area contributed by atoms with Crippen LogP contribution in [0.5, 0.6) is 17.2 Å². The Morgan fingerprint density at radius 2 is 1.58 bits per heavy atom. The Bertz CT molecular complexity index is 785. The molecule has 0 heterocycles. The monoisotopic (exact) mass is 359 g/mol. The smallest absolute Gasteiger partial charge is 0.340 e. The number of ether oxygens (including phenoxy) is 4. The van der Waals surface area contributed by atoms with E-state index in [1.807, 2.05) is 6.92 Å². The summed E-state index contributed by atoms with van der Waals surface area (Å²) in [4.78, 5) is 24.6. The quantitative estimate of drug-likeness (QED) is 0.765. The molecule has 2 rings (SSSR count). The summed E-state index contributed by atoms with van der Waals surface area (Å²) < 4.78 is 20.6. The van der Waals surface area contributed by atoms with Crippen LogP contribution in [-0.2, 0) is 4.74 Å². The van der Waals surface area contributed by atoms with Crippen molar-refractivity contribution in [3.63, 3.8) is 0 Å². The highest BCUT2D eigenvalue weighted by Crippen LogP contribution is 2.34. The van der Waals surface area contributed by atoms with Crippen LogP contribution < -0.4 is 19.5 Å². The zero-order valence-corrected chi connectivity index (χ0v) is 15.1. The summed E-state index contributed by atoms with van der Waals surface area (Å²) in [6.07, 6.45) is 0. The summed E-state index contributed by atoms with van der Waals surface area (Å²) in [7, 11) is 4.18. The third-order valence-corrected chi connectivity index (χ3v) is 3.60. The molecule has 0 fully saturated rings. The SMILES string of the molecule is CCOc1ccc(C(=O)Nc2cc(OC)c(OC)cc2C(=O)OC)cc1. The van der Waals surface area contributed by atoms with Crippen molar-refractivity contribution in [2.45, 2.75) is 6.92 Å². The van der Waals surface area contributed by atoms with Crippen LogP contribution in [-0.4, -0.2) is 39.8 Å². The second-order valence-corrected chi connectivity index (χ2v) is 5.16. The van der Waals surface area contributed by atoms with Gasteiger partial charge in [0.2, 0.25) is 0 Å². The van der Waals surface area contributed by atoms with E-state index in [-0.39, 0.29) is 17.2 Å². The topological polar surface area (TPSA) is 83.1 Å². The molecule has 0 aliphatic carbocycles. The van der Waals surface area contributed by atoms with Gasteiger partial charge in [0, 0.05) is 17.7 Å². The third-order valence-electron chi connectivity index (χ3n) is 3.60. The molecule has 0 bridgehead atoms. The first-order chi connectivity index (χ1) is 12.5. The van der Waals surface area contributed by atoms with Gasteiger partial charge in [0.15, 0.2) is 11.5 Å². The van der Waals surface area contributed by atoms with Crippen LogP contribution in [0.1, 0.15) is 27.6 Å². The van der Waals surface area contributed by atoms with Gasteiger partial charge in [-0.3, -0.25) is 4.79 Å². The predicted molar refractivity (Wildman–Crippen MR) is 96.4 cm³/mol. The molecular weight excluding hydrogens is 338 g/mol. The van der Waals surface area contributed by atoms with Crippen molar-refractivity contribution in [1.29, 1.82) is 0 Å². The Balaban J connectivity index is 2.34. The number of hydrogen-bond donors (Lipinski definition) is 1. The highest BCUT2D eigenvalue weighted by Gasteiger charge is 2.19. The summed E-state index contributed by atoms with van der Waals surface area (Å²) in [6.45, 7) is 2.42. The molecule has 0 saturated carbocycles. The number of benzene rings is 2. The highest BCUT2D eigenvalue weighted by atomic mass is 16.5. The average Bonchev–Trinajstić information content (AvgIpc) is 2.67. The van der Waals surface area contributed by atoms with Crippen molar-refractivity contribution in [3.8, 4) is 17.2 Å². The van der Waals surface area contributed by atoms with Crippen molar-refractivity contribution in [2.75, 3.05) is 33.3 Å². The number of carbonyl (C=O) groups excluding carboxylic acids is 2. The van der Waals surface area contributed by atoms with Gasteiger partial charge in [-0.1, -0.05) is 0 Å². The van der Waals surface area contributed by atoms with Crippen molar-refractivity contribution in [3.05, 3.63) is 47.5 Å². The molecule has 0 aliphatic heterocycles. The zero-order valence-electron chi connectivity index (χ0n) is 15.1. The molecule has 1 amide bonds. The van der Waals surface area contributed by atoms with Crippen molar-refractivity contribution in [1.82, 2.24) is 0 Å². The fourth-order valence-electron chi connectivity index (χ4n) is 2.32. The van der Waals surface area contributed by atoms with Crippen LogP contribution in [0.4, 0.5) is 5.69 Å². The van der Waals surface area contributed by atoms with E-state index in [9.17, 15) is 9.59 Å². The highest BCUT2D eigenvalue weighted by molar-refractivity contribution is 6.08. The molecule has 0 unspecified atom stereocenters. The number of methoxy groups -OCH3 is 3. The normalized spacial score (nSPS) is 10.0. The van der Waals surface area contributed by atoms with Gasteiger partial charge in [-0.2, -0.15) is 0 Å². The van der Waals surface area contributed by atoms with Crippen LogP contribution in [0.2, 0.25) is 0 Å². The molecule has 0 radical (unpaired) electrons. The van der Waals surface area contributed by atoms with Gasteiger partial charge in [0.05, 0.1) is 39.2 Å². The fraction of sp³-hybridized carbons (Fsp3) is 0.263. The maximum atomic E-state index is 12.5. The summed E-state index contributed by atoms with van der Waals surface area (Å²) in [5.74, 6) is 0.415. The minimum absolute atomic E-state index is 0.157. The Morgan fingerprint density at radius 1 is 0.962 bits per heavy atom. The lowest BCUT2D eigenvalue weighted by molar-refractivity contribution is 0.0601. The predicted octanol–water partition coefficient (Wildman–Crippen LogP) is 3.14. The van der Waals surface area contributed by atoms with E-state index < -0.39 is 5.97 Å². The lowest BCUT2D eigenvalue weighted by atomic mass is 10.1. The second kappa shape index (κ2) is 8.75. The number of nitrogens with one attached hydrogen (secondary N) is 1. The van der Waals surface area contributed by atoms with Crippen molar-refractivity contribution >= 4 is 17.6 Å². The number of amides is 1. The molecule has 1 N–H and O–H groups in total. The van der Waals surface area contributed by atoms with E-state index >= 15 is 0 Å². The molecule has 0 aromatic heterocycles. The number of carbonyl (C=O) groups is 2. The molecule has 0 atom stereocenters. The van der Waals surface area contributed by atoms with E-state index in [0.717, 1.165) is 0 Å². The Morgan fingerprint density at radius 3 is 2.12 bits per heavy atom. The summed E-state index contributed by atoms with van der Waals surface area (Å²) in [5, 5.41) is 2.70. The zero-order chi connectivity index (χ0) is 19.1. The van der Waals surface area contributed by atoms with E-state index in [1.54, 1.807) is 24.3 Å². The summed E-state index contributed by atoms with van der Waals surface area (Å²) >= 11 is 0. The van der Waals surface area contributed by atoms with Crippen LogP contribution in [0, 0.1) is 0 Å². The first-order valence-electron chi connectivity index (χ1n) is 7.92. The molecule has 2 aromatic carbocycles. The van der Waals surface area contributed by atoms with Crippen molar-refractivity contribution < 1.29 is 28.5 Å². The Hall–Kier alpha value is -3.22. The van der Waals surface area contributed by atoms with E-state index in [4.69, 9.17) is 18.9 Å². The number of rotatable bonds is 7. The average molecular weight is 359 g/mol. The van der Waals surface area contributed by atoms with E-state index in [1.165, 1.54) is 33.5 Å². The van der Waals surface area contributed by atoms with Gasteiger partial charge in [-0.05, 0) is 31.2 Å². The summed E-state index contributed by atoms with van der Waals surface area (Å²) in [6, 6.07) is 9.65. The van der Waals surface area contributed by atoms with Gasteiger partial charge in [0.1, 0.15) is 5.75 Å². The van der Waals surface area contributed by atoms with Gasteiger partial charge < -0.3 is 24.3 Å². The van der Waals surface area contributed by atoms with E-state index in [0.29, 0.717) is 29.4 Å². The van der Waals surface area contributed by atoms with Crippen LogP contribution in [0.15, 0.2) is 36.4 Å². The molecule has 0 spiro atoms. The maximum absolute atomic E-state index is 12.5. The summed E-state index contributed by atoms with van der Waals surface area (Å²) in [5.41, 5.74) is 0.830. The number of anilines is 1. The Labute approximate surface area is 151 Å². The largest absolute Gasteiger partial charge is 0.494 e. The van der Waals surface area contributed by atoms with Crippen LogP contribution in [0.3, 0.4) is 0 Å². The molecule has 138 valence electrons. The van der Waals surface area contributed by atoms with Gasteiger partial charge >= 0.3 is 5.97 Å². The molecular formula is C19H21NO6. The first-order valence-corrected chi connectivity index (χ1v) is 7.92. The minimum Gasteiger partial charge on any atom is -0.494 e. The van der Waals surface area contributed by atoms with E-state index in [2.05, 4.69) is 5.32 Å². The number of esters is 1. The standard InChI is InChI=1S/C19H21NO6/c1-5-26-13-8-6-12(7-9-13)18(21)20-15-11-17(24-3)16(23-2)10-14(15)19(22)25-4/h6-11H,5H2,1-4H3,(H,20,21). The second-order valence-electron chi connectivity index (χ2n) is 5.16. The fourth-order valence-corrected chi connectivity index (χ4v) is 2.32.